The van der Waals surface area contributed by atoms with Crippen molar-refractivity contribution >= 4 is 15.9 Å². The topological polar surface area (TPSA) is 0 Å². The van der Waals surface area contributed by atoms with Crippen LogP contribution in [0.25, 0.3) is 0 Å². The van der Waals surface area contributed by atoms with E-state index in [4.69, 9.17) is 0 Å². The van der Waals surface area contributed by atoms with Crippen molar-refractivity contribution < 1.29 is 0 Å². The second-order valence-electron chi connectivity index (χ2n) is 2.37. The molecule has 0 fully saturated rings. The minimum Gasteiger partial charge on any atom is -0.0835 e. The monoisotopic (exact) mass is 182 g/mol. The van der Waals surface area contributed by atoms with Crippen LogP contribution in [0.2, 0.25) is 0 Å². The van der Waals surface area contributed by atoms with Crippen LogP contribution in [0.15, 0.2) is 24.3 Å². The van der Waals surface area contributed by atoms with Gasteiger partial charge in [0.15, 0.2) is 0 Å². The molecular formula is C8H7Br. The molecule has 1 aromatic rings. The zero-order valence-electron chi connectivity index (χ0n) is 4.97. The van der Waals surface area contributed by atoms with Gasteiger partial charge in [-0.05, 0) is 17.5 Å². The molecule has 1 atom stereocenters. The first-order chi connectivity index (χ1) is 4.38. The van der Waals surface area contributed by atoms with Crippen molar-refractivity contribution in [3.8, 4) is 0 Å². The van der Waals surface area contributed by atoms with Crippen LogP contribution < -0.4 is 0 Å². The standard InChI is InChI=1S/C8H7Br/c9-8-5-6-3-1-2-4-7(6)8/h1-4,8H,5H2. The van der Waals surface area contributed by atoms with E-state index in [0.717, 1.165) is 0 Å². The lowest BCUT2D eigenvalue weighted by atomic mass is 9.89. The van der Waals surface area contributed by atoms with Gasteiger partial charge in [0.2, 0.25) is 0 Å². The van der Waals surface area contributed by atoms with E-state index in [2.05, 4.69) is 40.2 Å². The zero-order valence-corrected chi connectivity index (χ0v) is 6.56. The van der Waals surface area contributed by atoms with Crippen molar-refractivity contribution in [2.45, 2.75) is 11.2 Å². The Hall–Kier alpha value is -0.300. The van der Waals surface area contributed by atoms with Gasteiger partial charge in [-0.3, -0.25) is 0 Å². The molecule has 1 unspecified atom stereocenters. The number of fused-ring (bicyclic) bond motifs is 1. The maximum absolute atomic E-state index is 3.56. The third-order valence-electron chi connectivity index (χ3n) is 1.79. The Morgan fingerprint density at radius 3 is 2.67 bits per heavy atom. The van der Waals surface area contributed by atoms with E-state index < -0.39 is 0 Å². The highest BCUT2D eigenvalue weighted by molar-refractivity contribution is 9.09. The number of rotatable bonds is 0. The molecule has 0 aromatic heterocycles. The molecule has 1 aliphatic rings. The molecule has 0 saturated heterocycles. The van der Waals surface area contributed by atoms with E-state index in [1.165, 1.54) is 17.5 Å². The fourth-order valence-corrected chi connectivity index (χ4v) is 1.99. The fraction of sp³-hybridized carbons (Fsp3) is 0.250. The summed E-state index contributed by atoms with van der Waals surface area (Å²) in [6.07, 6.45) is 1.20. The highest BCUT2D eigenvalue weighted by atomic mass is 79.9. The molecule has 46 valence electrons. The predicted molar refractivity (Wildman–Crippen MR) is 41.8 cm³/mol. The average Bonchev–Trinajstić information content (AvgIpc) is 1.86. The summed E-state index contributed by atoms with van der Waals surface area (Å²) in [6, 6.07) is 8.55. The molecule has 1 aromatic carbocycles. The van der Waals surface area contributed by atoms with E-state index in [0.29, 0.717) is 4.83 Å². The number of hydrogen-bond donors (Lipinski definition) is 0. The van der Waals surface area contributed by atoms with Crippen molar-refractivity contribution in [3.05, 3.63) is 35.4 Å². The highest BCUT2D eigenvalue weighted by Crippen LogP contribution is 2.38. The van der Waals surface area contributed by atoms with Gasteiger partial charge in [-0.25, -0.2) is 0 Å². The maximum atomic E-state index is 3.56. The molecule has 0 aliphatic heterocycles. The van der Waals surface area contributed by atoms with Gasteiger partial charge in [0.05, 0.1) is 0 Å². The van der Waals surface area contributed by atoms with Gasteiger partial charge in [0.25, 0.3) is 0 Å². The van der Waals surface area contributed by atoms with Crippen LogP contribution in [0.1, 0.15) is 16.0 Å². The van der Waals surface area contributed by atoms with E-state index >= 15 is 0 Å². The Kier molecular flexibility index (Phi) is 1.12. The first-order valence-corrected chi connectivity index (χ1v) is 4.01. The van der Waals surface area contributed by atoms with Crippen LogP contribution in [0, 0.1) is 0 Å². The van der Waals surface area contributed by atoms with E-state index in [9.17, 15) is 0 Å². The van der Waals surface area contributed by atoms with E-state index in [-0.39, 0.29) is 0 Å². The number of hydrogen-bond acceptors (Lipinski definition) is 0. The summed E-state index contributed by atoms with van der Waals surface area (Å²) in [7, 11) is 0. The summed E-state index contributed by atoms with van der Waals surface area (Å²) in [4.78, 5) is 0.633. The van der Waals surface area contributed by atoms with E-state index in [1.54, 1.807) is 0 Å². The molecule has 0 bridgehead atoms. The minimum absolute atomic E-state index is 0.633. The lowest BCUT2D eigenvalue weighted by Crippen LogP contribution is -2.10. The van der Waals surface area contributed by atoms with Crippen LogP contribution in [0.3, 0.4) is 0 Å². The largest absolute Gasteiger partial charge is 0.0835 e. The van der Waals surface area contributed by atoms with Crippen LogP contribution >= 0.6 is 15.9 Å². The predicted octanol–water partition coefficient (Wildman–Crippen LogP) is 2.68. The van der Waals surface area contributed by atoms with Gasteiger partial charge < -0.3 is 0 Å². The smallest absolute Gasteiger partial charge is 0.0438 e. The van der Waals surface area contributed by atoms with Crippen LogP contribution in [-0.2, 0) is 6.42 Å². The quantitative estimate of drug-likeness (QED) is 0.542. The van der Waals surface area contributed by atoms with Gasteiger partial charge in [-0.2, -0.15) is 0 Å². The SMILES string of the molecule is BrC1Cc2ccccc21. The van der Waals surface area contributed by atoms with Gasteiger partial charge in [-0.15, -0.1) is 0 Å². The Morgan fingerprint density at radius 2 is 2.11 bits per heavy atom. The Bertz CT molecular complexity index is 230. The second-order valence-corrected chi connectivity index (χ2v) is 3.48. The van der Waals surface area contributed by atoms with Crippen LogP contribution in [0.5, 0.6) is 0 Å². The number of benzene rings is 1. The zero-order chi connectivity index (χ0) is 6.27. The normalized spacial score (nSPS) is 22.6. The third-order valence-corrected chi connectivity index (χ3v) is 2.61. The summed E-state index contributed by atoms with van der Waals surface area (Å²) in [5, 5.41) is 0. The first-order valence-electron chi connectivity index (χ1n) is 3.10. The molecule has 0 saturated carbocycles. The van der Waals surface area contributed by atoms with Crippen molar-refractivity contribution in [2.24, 2.45) is 0 Å². The summed E-state index contributed by atoms with van der Waals surface area (Å²) < 4.78 is 0. The lowest BCUT2D eigenvalue weighted by Gasteiger charge is -2.24. The first kappa shape index (κ1) is 5.48. The molecule has 0 heterocycles. The van der Waals surface area contributed by atoms with Crippen LogP contribution in [-0.4, -0.2) is 0 Å². The van der Waals surface area contributed by atoms with Gasteiger partial charge in [0, 0.05) is 4.83 Å². The molecule has 1 heteroatoms. The second kappa shape index (κ2) is 1.84. The lowest BCUT2D eigenvalue weighted by molar-refractivity contribution is 0.830. The van der Waals surface area contributed by atoms with Gasteiger partial charge in [0.1, 0.15) is 0 Å². The summed E-state index contributed by atoms with van der Waals surface area (Å²) in [5.41, 5.74) is 2.97. The highest BCUT2D eigenvalue weighted by Gasteiger charge is 2.21. The molecule has 0 spiro atoms. The number of halogens is 1. The molecular weight excluding hydrogens is 176 g/mol. The van der Waals surface area contributed by atoms with Crippen molar-refractivity contribution in [1.29, 1.82) is 0 Å². The van der Waals surface area contributed by atoms with Crippen molar-refractivity contribution in [1.82, 2.24) is 0 Å². The minimum atomic E-state index is 0.633. The Morgan fingerprint density at radius 1 is 1.33 bits per heavy atom. The third kappa shape index (κ3) is 0.715. The molecule has 0 N–H and O–H groups in total. The van der Waals surface area contributed by atoms with Gasteiger partial charge in [-0.1, -0.05) is 40.2 Å². The Labute approximate surface area is 63.0 Å². The van der Waals surface area contributed by atoms with Gasteiger partial charge >= 0.3 is 0 Å². The van der Waals surface area contributed by atoms with Crippen molar-refractivity contribution in [2.75, 3.05) is 0 Å². The molecule has 1 aliphatic carbocycles. The van der Waals surface area contributed by atoms with Crippen LogP contribution in [0.4, 0.5) is 0 Å². The molecule has 2 rings (SSSR count). The summed E-state index contributed by atoms with van der Waals surface area (Å²) in [6.45, 7) is 0. The molecule has 0 radical (unpaired) electrons. The average molecular weight is 183 g/mol. The summed E-state index contributed by atoms with van der Waals surface area (Å²) in [5.74, 6) is 0. The molecule has 9 heavy (non-hydrogen) atoms. The maximum Gasteiger partial charge on any atom is 0.0438 e. The van der Waals surface area contributed by atoms with Crippen molar-refractivity contribution in [3.63, 3.8) is 0 Å². The summed E-state index contributed by atoms with van der Waals surface area (Å²) >= 11 is 3.56. The van der Waals surface area contributed by atoms with E-state index in [1.807, 2.05) is 0 Å². The fourth-order valence-electron chi connectivity index (χ4n) is 1.20. The Balaban J connectivity index is 2.51. The number of alkyl halides is 1. The molecule has 0 amide bonds. The molecule has 0 nitrogen and oxygen atoms in total.